The van der Waals surface area contributed by atoms with Crippen LogP contribution < -0.4 is 5.63 Å². The first-order valence-corrected chi connectivity index (χ1v) is 9.06. The van der Waals surface area contributed by atoms with Crippen LogP contribution in [-0.4, -0.2) is 26.1 Å². The number of hydrogen-bond donors (Lipinski definition) is 1. The minimum atomic E-state index is -0.402. The van der Waals surface area contributed by atoms with Gasteiger partial charge in [-0.2, -0.15) is 0 Å². The average Bonchev–Trinajstić information content (AvgIpc) is 3.05. The van der Waals surface area contributed by atoms with Crippen molar-refractivity contribution >= 4 is 16.6 Å². The molecule has 0 aliphatic rings. The molecule has 138 valence electrons. The largest absolute Gasteiger partial charge is 0.422 e. The van der Waals surface area contributed by atoms with Gasteiger partial charge >= 0.3 is 5.63 Å². The maximum atomic E-state index is 12.6. The van der Waals surface area contributed by atoms with E-state index < -0.39 is 5.63 Å². The lowest BCUT2D eigenvalue weighted by atomic mass is 10.1. The summed E-state index contributed by atoms with van der Waals surface area (Å²) < 4.78 is 7.46. The number of aliphatic hydroxyl groups excluding tert-OH is 1. The highest BCUT2D eigenvalue weighted by Gasteiger charge is 2.13. The van der Waals surface area contributed by atoms with Crippen LogP contribution in [-0.2, 0) is 6.42 Å². The van der Waals surface area contributed by atoms with Crippen LogP contribution in [0.5, 0.6) is 0 Å². The second-order valence-electron chi connectivity index (χ2n) is 6.83. The van der Waals surface area contributed by atoms with Crippen LogP contribution in [0.3, 0.4) is 0 Å². The first kappa shape index (κ1) is 17.4. The monoisotopic (exact) mass is 363 g/mol. The zero-order valence-electron chi connectivity index (χ0n) is 15.4. The van der Waals surface area contributed by atoms with E-state index in [1.807, 2.05) is 54.9 Å². The van der Waals surface area contributed by atoms with Crippen molar-refractivity contribution in [1.82, 2.24) is 14.4 Å². The molecule has 0 unspecified atom stereocenters. The minimum Gasteiger partial charge on any atom is -0.422 e. The van der Waals surface area contributed by atoms with E-state index in [9.17, 15) is 4.79 Å². The van der Waals surface area contributed by atoms with E-state index in [1.165, 1.54) is 0 Å². The number of aromatic nitrogens is 3. The first-order valence-electron chi connectivity index (χ1n) is 9.06. The predicted octanol–water partition coefficient (Wildman–Crippen LogP) is 3.43. The Morgan fingerprint density at radius 3 is 2.78 bits per heavy atom. The molecule has 0 amide bonds. The summed E-state index contributed by atoms with van der Waals surface area (Å²) in [6.07, 6.45) is 6.24. The van der Waals surface area contributed by atoms with Crippen molar-refractivity contribution in [2.45, 2.75) is 33.1 Å². The highest BCUT2D eigenvalue weighted by atomic mass is 16.4. The van der Waals surface area contributed by atoms with E-state index in [2.05, 4.69) is 9.97 Å². The van der Waals surface area contributed by atoms with E-state index >= 15 is 0 Å². The highest BCUT2D eigenvalue weighted by Crippen LogP contribution is 2.23. The molecular weight excluding hydrogens is 342 g/mol. The number of benzene rings is 1. The number of fused-ring (bicyclic) bond motifs is 2. The van der Waals surface area contributed by atoms with Crippen molar-refractivity contribution in [3.63, 3.8) is 0 Å². The number of imidazole rings is 1. The van der Waals surface area contributed by atoms with Crippen LogP contribution in [0, 0.1) is 13.8 Å². The lowest BCUT2D eigenvalue weighted by Crippen LogP contribution is -2.03. The van der Waals surface area contributed by atoms with Gasteiger partial charge in [0.25, 0.3) is 0 Å². The van der Waals surface area contributed by atoms with Gasteiger partial charge in [0.1, 0.15) is 5.58 Å². The highest BCUT2D eigenvalue weighted by molar-refractivity contribution is 5.81. The fraction of sp³-hybridized carbons (Fsp3) is 0.286. The summed E-state index contributed by atoms with van der Waals surface area (Å²) in [5.74, 6) is 0. The van der Waals surface area contributed by atoms with Crippen molar-refractivity contribution in [1.29, 1.82) is 0 Å². The van der Waals surface area contributed by atoms with Gasteiger partial charge in [-0.3, -0.25) is 4.98 Å². The summed E-state index contributed by atoms with van der Waals surface area (Å²) in [5.41, 5.74) is 4.72. The van der Waals surface area contributed by atoms with E-state index in [0.717, 1.165) is 47.2 Å². The molecule has 0 aliphatic heterocycles. The lowest BCUT2D eigenvalue weighted by Gasteiger charge is -2.04. The van der Waals surface area contributed by atoms with E-state index in [0.29, 0.717) is 16.8 Å². The van der Waals surface area contributed by atoms with Gasteiger partial charge in [-0.1, -0.05) is 12.1 Å². The third kappa shape index (κ3) is 3.36. The molecule has 0 spiro atoms. The van der Waals surface area contributed by atoms with Gasteiger partial charge in [0.15, 0.2) is 5.65 Å². The quantitative estimate of drug-likeness (QED) is 0.434. The minimum absolute atomic E-state index is 0.194. The second kappa shape index (κ2) is 6.96. The Bertz CT molecular complexity index is 1190. The Morgan fingerprint density at radius 1 is 1.11 bits per heavy atom. The molecule has 0 bridgehead atoms. The van der Waals surface area contributed by atoms with Gasteiger partial charge in [0, 0.05) is 24.4 Å². The van der Waals surface area contributed by atoms with Crippen molar-refractivity contribution in [2.75, 3.05) is 6.61 Å². The lowest BCUT2D eigenvalue weighted by molar-refractivity contribution is 0.284. The van der Waals surface area contributed by atoms with Crippen molar-refractivity contribution in [3.05, 3.63) is 64.0 Å². The normalized spacial score (nSPS) is 11.5. The van der Waals surface area contributed by atoms with E-state index in [-0.39, 0.29) is 6.61 Å². The second-order valence-corrected chi connectivity index (χ2v) is 6.83. The number of nitrogens with zero attached hydrogens (tertiary/aromatic N) is 3. The molecule has 27 heavy (non-hydrogen) atoms. The van der Waals surface area contributed by atoms with Crippen LogP contribution in [0.15, 0.2) is 45.9 Å². The first-order chi connectivity index (χ1) is 13.0. The topological polar surface area (TPSA) is 80.6 Å². The third-order valence-corrected chi connectivity index (χ3v) is 4.68. The van der Waals surface area contributed by atoms with Crippen LogP contribution in [0.25, 0.3) is 27.9 Å². The Hall–Kier alpha value is -2.99. The van der Waals surface area contributed by atoms with Crippen molar-refractivity contribution in [3.8, 4) is 11.3 Å². The summed E-state index contributed by atoms with van der Waals surface area (Å²) in [7, 11) is 0. The molecule has 3 heterocycles. The summed E-state index contributed by atoms with van der Waals surface area (Å²) >= 11 is 0. The van der Waals surface area contributed by atoms with Gasteiger partial charge < -0.3 is 13.9 Å². The summed E-state index contributed by atoms with van der Waals surface area (Å²) in [6, 6.07) is 7.72. The maximum Gasteiger partial charge on any atom is 0.345 e. The van der Waals surface area contributed by atoms with E-state index in [4.69, 9.17) is 9.52 Å². The molecule has 4 aromatic rings. The standard InChI is InChI=1S/C21H21N3O3/c1-13-11-24-12-18(23-20(24)14(2)22-13)17-10-16-7-6-15(5-3-4-8-25)9-19(16)27-21(17)26/h6-7,9-12,25H,3-5,8H2,1-2H3. The van der Waals surface area contributed by atoms with Gasteiger partial charge in [-0.15, -0.1) is 0 Å². The third-order valence-electron chi connectivity index (χ3n) is 4.68. The van der Waals surface area contributed by atoms with Crippen LogP contribution in [0.1, 0.15) is 29.8 Å². The van der Waals surface area contributed by atoms with Gasteiger partial charge in [0.2, 0.25) is 0 Å². The molecule has 0 aliphatic carbocycles. The number of aryl methyl sites for hydroxylation is 3. The molecule has 6 heteroatoms. The van der Waals surface area contributed by atoms with E-state index in [1.54, 1.807) is 0 Å². The fourth-order valence-corrected chi connectivity index (χ4v) is 3.36. The average molecular weight is 363 g/mol. The van der Waals surface area contributed by atoms with Crippen LogP contribution in [0.2, 0.25) is 0 Å². The molecular formula is C21H21N3O3. The van der Waals surface area contributed by atoms with Crippen LogP contribution in [0.4, 0.5) is 0 Å². The zero-order chi connectivity index (χ0) is 19.0. The molecule has 1 aromatic carbocycles. The smallest absolute Gasteiger partial charge is 0.345 e. The molecule has 0 saturated carbocycles. The molecule has 4 rings (SSSR count). The maximum absolute atomic E-state index is 12.6. The number of unbranched alkanes of at least 4 members (excludes halogenated alkanes) is 1. The molecule has 6 nitrogen and oxygen atoms in total. The molecule has 1 N–H and O–H groups in total. The van der Waals surface area contributed by atoms with Crippen molar-refractivity contribution in [2.24, 2.45) is 0 Å². The zero-order valence-corrected chi connectivity index (χ0v) is 15.4. The summed E-state index contributed by atoms with van der Waals surface area (Å²) in [4.78, 5) is 21.6. The Morgan fingerprint density at radius 2 is 1.96 bits per heavy atom. The molecule has 0 fully saturated rings. The molecule has 3 aromatic heterocycles. The van der Waals surface area contributed by atoms with Crippen LogP contribution >= 0.6 is 0 Å². The fourth-order valence-electron chi connectivity index (χ4n) is 3.36. The number of hydrogen-bond acceptors (Lipinski definition) is 5. The van der Waals surface area contributed by atoms with Crippen molar-refractivity contribution < 1.29 is 9.52 Å². The summed E-state index contributed by atoms with van der Waals surface area (Å²) in [5, 5.41) is 9.76. The Labute approximate surface area is 156 Å². The molecule has 0 radical (unpaired) electrons. The summed E-state index contributed by atoms with van der Waals surface area (Å²) in [6.45, 7) is 4.02. The molecule has 0 atom stereocenters. The number of rotatable bonds is 5. The van der Waals surface area contributed by atoms with Gasteiger partial charge in [-0.25, -0.2) is 9.78 Å². The predicted molar refractivity (Wildman–Crippen MR) is 104 cm³/mol. The Kier molecular flexibility index (Phi) is 4.49. The number of aliphatic hydroxyl groups is 1. The Balaban J connectivity index is 1.76. The van der Waals surface area contributed by atoms with Gasteiger partial charge in [0.05, 0.1) is 22.6 Å². The SMILES string of the molecule is Cc1cn2cc(-c3cc4ccc(CCCCO)cc4oc3=O)nc2c(C)n1. The van der Waals surface area contributed by atoms with Gasteiger partial charge in [-0.05, 0) is 50.8 Å². The molecule has 0 saturated heterocycles.